The zero-order valence-electron chi connectivity index (χ0n) is 18.9. The highest BCUT2D eigenvalue weighted by molar-refractivity contribution is 7.10. The largest absolute Gasteiger partial charge is 0.352 e. The quantitative estimate of drug-likeness (QED) is 0.703. The van der Waals surface area contributed by atoms with Crippen molar-refractivity contribution < 1.29 is 0 Å². The average molecular weight is 441 g/mol. The first kappa shape index (κ1) is 21.9. The van der Waals surface area contributed by atoms with Crippen LogP contribution in [0.15, 0.2) is 12.3 Å². The van der Waals surface area contributed by atoms with Crippen molar-refractivity contribution in [2.24, 2.45) is 5.92 Å². The van der Waals surface area contributed by atoms with Gasteiger partial charge in [0.15, 0.2) is 0 Å². The van der Waals surface area contributed by atoms with Gasteiger partial charge in [-0.3, -0.25) is 4.90 Å². The van der Waals surface area contributed by atoms with Crippen molar-refractivity contribution in [2.45, 2.75) is 39.7 Å². The van der Waals surface area contributed by atoms with E-state index in [1.807, 2.05) is 26.1 Å². The number of anilines is 3. The van der Waals surface area contributed by atoms with Crippen molar-refractivity contribution >= 4 is 28.3 Å². The molecule has 0 radical (unpaired) electrons. The summed E-state index contributed by atoms with van der Waals surface area (Å²) in [6, 6.07) is 4.45. The van der Waals surface area contributed by atoms with Gasteiger partial charge in [-0.15, -0.1) is 0 Å². The minimum Gasteiger partial charge on any atom is -0.352 e. The number of aromatic nitrogens is 3. The molecule has 166 valence electrons. The Kier molecular flexibility index (Phi) is 6.42. The fourth-order valence-electron chi connectivity index (χ4n) is 4.65. The second-order valence-corrected chi connectivity index (χ2v) is 10.1. The maximum absolute atomic E-state index is 9.54. The molecule has 2 aliphatic rings. The van der Waals surface area contributed by atoms with E-state index in [0.717, 1.165) is 67.9 Å². The van der Waals surface area contributed by atoms with Crippen molar-refractivity contribution in [3.05, 3.63) is 23.5 Å². The highest BCUT2D eigenvalue weighted by Gasteiger charge is 2.49. The predicted octanol–water partition coefficient (Wildman–Crippen LogP) is 3.04. The van der Waals surface area contributed by atoms with Gasteiger partial charge in [0.05, 0.1) is 23.7 Å². The molecule has 31 heavy (non-hydrogen) atoms. The first-order valence-electron chi connectivity index (χ1n) is 11.0. The van der Waals surface area contributed by atoms with E-state index in [0.29, 0.717) is 18.3 Å². The number of hydrogen-bond acceptors (Lipinski definition) is 9. The molecule has 2 fully saturated rings. The fraction of sp³-hybridized carbons (Fsp3) is 0.636. The predicted molar refractivity (Wildman–Crippen MR) is 125 cm³/mol. The topological polar surface area (TPSA) is 84.2 Å². The summed E-state index contributed by atoms with van der Waals surface area (Å²) < 4.78 is 4.30. The number of rotatable bonds is 7. The highest BCUT2D eigenvalue weighted by atomic mass is 32.1. The monoisotopic (exact) mass is 440 g/mol. The molecule has 4 rings (SSSR count). The molecule has 0 bridgehead atoms. The number of nitriles is 1. The third-order valence-corrected chi connectivity index (χ3v) is 6.95. The molecule has 2 aromatic rings. The summed E-state index contributed by atoms with van der Waals surface area (Å²) in [6.07, 6.45) is 2.43. The summed E-state index contributed by atoms with van der Waals surface area (Å²) in [5.41, 5.74) is 1.97. The van der Waals surface area contributed by atoms with E-state index in [1.165, 1.54) is 11.5 Å². The van der Waals surface area contributed by atoms with Crippen molar-refractivity contribution in [3.63, 3.8) is 0 Å². The molecule has 1 N–H and O–H groups in total. The van der Waals surface area contributed by atoms with Gasteiger partial charge in [-0.1, -0.05) is 13.8 Å². The van der Waals surface area contributed by atoms with E-state index >= 15 is 0 Å². The number of hydrogen-bond donors (Lipinski definition) is 1. The first-order chi connectivity index (χ1) is 14.9. The Morgan fingerprint density at radius 1 is 1.23 bits per heavy atom. The molecule has 2 aliphatic heterocycles. The van der Waals surface area contributed by atoms with Gasteiger partial charge in [0.25, 0.3) is 0 Å². The van der Waals surface area contributed by atoms with Crippen molar-refractivity contribution in [3.8, 4) is 6.07 Å². The molecule has 2 aromatic heterocycles. The molecule has 0 atom stereocenters. The molecule has 2 saturated heterocycles. The number of aryl methyl sites for hydroxylation is 2. The van der Waals surface area contributed by atoms with E-state index in [2.05, 4.69) is 49.3 Å². The van der Waals surface area contributed by atoms with Crippen LogP contribution >= 0.6 is 11.5 Å². The maximum Gasteiger partial charge on any atom is 0.229 e. The van der Waals surface area contributed by atoms with Crippen LogP contribution in [0.25, 0.3) is 0 Å². The molecule has 0 amide bonds. The molecule has 0 aliphatic carbocycles. The van der Waals surface area contributed by atoms with Crippen molar-refractivity contribution in [1.82, 2.24) is 24.1 Å². The molecule has 0 aromatic carbocycles. The van der Waals surface area contributed by atoms with Gasteiger partial charge in [0.2, 0.25) is 5.95 Å². The lowest BCUT2D eigenvalue weighted by Crippen LogP contribution is -2.73. The Hall–Kier alpha value is -2.28. The Bertz CT molecular complexity index is 935. The minimum absolute atomic E-state index is 0.0710. The molecule has 9 heteroatoms. The summed E-state index contributed by atoms with van der Waals surface area (Å²) in [5, 5.41) is 13.7. The summed E-state index contributed by atoms with van der Waals surface area (Å²) in [7, 11) is 0. The SMILES string of the molecule is Cc1cc(Nc2ncc(C)c(N3CC(CC#N)(N4CCN(CC(C)C)CC4)C3)n2)sn1. The number of piperazine rings is 1. The van der Waals surface area contributed by atoms with Crippen LogP contribution in [0, 0.1) is 31.1 Å². The summed E-state index contributed by atoms with van der Waals surface area (Å²) in [5.74, 6) is 2.23. The molecule has 0 spiro atoms. The maximum atomic E-state index is 9.54. The van der Waals surface area contributed by atoms with Crippen molar-refractivity contribution in [1.29, 1.82) is 5.26 Å². The Labute approximate surface area is 189 Å². The van der Waals surface area contributed by atoms with Crippen LogP contribution in [0.4, 0.5) is 16.8 Å². The lowest BCUT2D eigenvalue weighted by atomic mass is 9.83. The number of nitrogens with zero attached hydrogens (tertiary/aromatic N) is 7. The van der Waals surface area contributed by atoms with Crippen LogP contribution in [0.5, 0.6) is 0 Å². The lowest BCUT2D eigenvalue weighted by molar-refractivity contribution is 0.0124. The van der Waals surface area contributed by atoms with Gasteiger partial charge in [0, 0.05) is 57.6 Å². The smallest absolute Gasteiger partial charge is 0.229 e. The van der Waals surface area contributed by atoms with Crippen LogP contribution in [-0.2, 0) is 0 Å². The van der Waals surface area contributed by atoms with Gasteiger partial charge in [-0.05, 0) is 37.4 Å². The van der Waals surface area contributed by atoms with Crippen LogP contribution in [0.1, 0.15) is 31.5 Å². The van der Waals surface area contributed by atoms with Crippen LogP contribution < -0.4 is 10.2 Å². The van der Waals surface area contributed by atoms with Gasteiger partial charge in [-0.25, -0.2) is 4.98 Å². The third kappa shape index (κ3) is 4.81. The first-order valence-corrected chi connectivity index (χ1v) is 11.8. The third-order valence-electron chi connectivity index (χ3n) is 6.15. The Balaban J connectivity index is 1.43. The molecular weight excluding hydrogens is 408 g/mol. The van der Waals surface area contributed by atoms with Gasteiger partial charge < -0.3 is 15.1 Å². The molecule has 8 nitrogen and oxygen atoms in total. The van der Waals surface area contributed by atoms with Crippen molar-refractivity contribution in [2.75, 3.05) is 56.0 Å². The summed E-state index contributed by atoms with van der Waals surface area (Å²) in [4.78, 5) is 16.6. The van der Waals surface area contributed by atoms with Gasteiger partial charge in [0.1, 0.15) is 10.8 Å². The van der Waals surface area contributed by atoms with E-state index in [1.54, 1.807) is 0 Å². The summed E-state index contributed by atoms with van der Waals surface area (Å²) >= 11 is 1.41. The summed E-state index contributed by atoms with van der Waals surface area (Å²) in [6.45, 7) is 15.6. The second-order valence-electron chi connectivity index (χ2n) is 9.25. The van der Waals surface area contributed by atoms with Crippen LogP contribution in [0.3, 0.4) is 0 Å². The standard InChI is InChI=1S/C22H32N8S/c1-16(2)13-28-7-9-30(10-8-28)22(5-6-23)14-29(15-22)20-17(3)12-24-21(26-20)25-19-11-18(4)27-31-19/h11-12,16H,5,7-10,13-15H2,1-4H3,(H,24,25,26). The minimum atomic E-state index is -0.0710. The van der Waals surface area contributed by atoms with E-state index in [4.69, 9.17) is 4.98 Å². The highest BCUT2D eigenvalue weighted by Crippen LogP contribution is 2.36. The fourth-order valence-corrected chi connectivity index (χ4v) is 5.31. The second kappa shape index (κ2) is 9.07. The van der Waals surface area contributed by atoms with E-state index < -0.39 is 0 Å². The molecule has 0 saturated carbocycles. The Morgan fingerprint density at radius 2 is 1.97 bits per heavy atom. The molecule has 4 heterocycles. The Morgan fingerprint density at radius 3 is 2.58 bits per heavy atom. The van der Waals surface area contributed by atoms with E-state index in [9.17, 15) is 5.26 Å². The average Bonchev–Trinajstić information content (AvgIpc) is 3.11. The van der Waals surface area contributed by atoms with E-state index in [-0.39, 0.29) is 5.54 Å². The zero-order chi connectivity index (χ0) is 22.0. The van der Waals surface area contributed by atoms with Crippen LogP contribution in [-0.4, -0.2) is 75.5 Å². The van der Waals surface area contributed by atoms with Crippen LogP contribution in [0.2, 0.25) is 0 Å². The van der Waals surface area contributed by atoms with Gasteiger partial charge >= 0.3 is 0 Å². The molecular formula is C22H32N8S. The normalized spacial score (nSPS) is 19.3. The zero-order valence-corrected chi connectivity index (χ0v) is 19.7. The lowest BCUT2D eigenvalue weighted by Gasteiger charge is -2.57. The molecule has 0 unspecified atom stereocenters. The van der Waals surface area contributed by atoms with Gasteiger partial charge in [-0.2, -0.15) is 14.6 Å². The number of nitrogens with one attached hydrogen (secondary N) is 1.